The number of allylic oxidation sites excluding steroid dienone is 1. The number of nitrogens with zero attached hydrogens (tertiary/aromatic N) is 2. The minimum Gasteiger partial charge on any atom is -0.308 e. The second-order valence-electron chi connectivity index (χ2n) is 5.43. The first kappa shape index (κ1) is 15.0. The van der Waals surface area contributed by atoms with Crippen molar-refractivity contribution in [3.05, 3.63) is 72.1 Å². The molecule has 5 heteroatoms. The van der Waals surface area contributed by atoms with E-state index >= 15 is 0 Å². The van der Waals surface area contributed by atoms with E-state index in [0.29, 0.717) is 6.54 Å². The highest BCUT2D eigenvalue weighted by molar-refractivity contribution is 5.90. The van der Waals surface area contributed by atoms with Crippen LogP contribution in [0, 0.1) is 0 Å². The number of benzene rings is 2. The van der Waals surface area contributed by atoms with Crippen LogP contribution in [0.15, 0.2) is 72.1 Å². The van der Waals surface area contributed by atoms with Crippen molar-refractivity contribution >= 4 is 17.4 Å². The molecule has 0 saturated carbocycles. The number of carbonyl (C=O) groups is 1. The van der Waals surface area contributed by atoms with Crippen LogP contribution in [-0.2, 0) is 0 Å². The van der Waals surface area contributed by atoms with Crippen molar-refractivity contribution < 1.29 is 4.79 Å². The lowest BCUT2D eigenvalue weighted by Crippen LogP contribution is -2.35. The van der Waals surface area contributed by atoms with E-state index in [0.717, 1.165) is 22.8 Å². The van der Waals surface area contributed by atoms with Crippen molar-refractivity contribution in [1.82, 2.24) is 10.3 Å². The highest BCUT2D eigenvalue weighted by Crippen LogP contribution is 2.25. The Hall–Kier alpha value is -2.95. The van der Waals surface area contributed by atoms with E-state index < -0.39 is 0 Å². The van der Waals surface area contributed by atoms with Crippen LogP contribution in [0.2, 0.25) is 0 Å². The number of anilines is 2. The average Bonchev–Trinajstić information content (AvgIpc) is 2.85. The first-order valence-corrected chi connectivity index (χ1v) is 7.54. The van der Waals surface area contributed by atoms with E-state index in [4.69, 9.17) is 0 Å². The van der Waals surface area contributed by atoms with E-state index in [9.17, 15) is 4.79 Å². The summed E-state index contributed by atoms with van der Waals surface area (Å²) >= 11 is 0. The summed E-state index contributed by atoms with van der Waals surface area (Å²) in [5.74, 6) is 0. The Kier molecular flexibility index (Phi) is 4.19. The SMILES string of the molecule is CC1=C(NC(=O)Nc2ccccc2)CN(c2ccccc2)N1C. The van der Waals surface area contributed by atoms with Gasteiger partial charge in [0.15, 0.2) is 0 Å². The molecule has 1 heterocycles. The number of hydrogen-bond acceptors (Lipinski definition) is 3. The third kappa shape index (κ3) is 3.29. The lowest BCUT2D eigenvalue weighted by atomic mass is 10.3. The molecule has 0 aliphatic carbocycles. The lowest BCUT2D eigenvalue weighted by molar-refractivity contribution is 0.254. The van der Waals surface area contributed by atoms with Crippen LogP contribution < -0.4 is 15.6 Å². The molecule has 0 radical (unpaired) electrons. The molecule has 23 heavy (non-hydrogen) atoms. The van der Waals surface area contributed by atoms with Gasteiger partial charge in [0.1, 0.15) is 0 Å². The lowest BCUT2D eigenvalue weighted by Gasteiger charge is -2.29. The normalized spacial score (nSPS) is 14.2. The van der Waals surface area contributed by atoms with Gasteiger partial charge in [-0.25, -0.2) is 4.79 Å². The number of hydrazine groups is 1. The third-order valence-electron chi connectivity index (χ3n) is 3.94. The number of urea groups is 1. The van der Waals surface area contributed by atoms with Gasteiger partial charge < -0.3 is 10.6 Å². The number of carbonyl (C=O) groups excluding carboxylic acids is 1. The molecule has 3 rings (SSSR count). The molecule has 0 aromatic heterocycles. The van der Waals surface area contributed by atoms with Crippen molar-refractivity contribution in [2.24, 2.45) is 0 Å². The zero-order valence-corrected chi connectivity index (χ0v) is 13.3. The highest BCUT2D eigenvalue weighted by Gasteiger charge is 2.25. The molecule has 2 N–H and O–H groups in total. The standard InChI is InChI=1S/C18H20N4O/c1-14-17(20-18(23)19-15-9-5-3-6-10-15)13-22(21(14)2)16-11-7-4-8-12-16/h3-12H,13H2,1-2H3,(H2,19,20,23). The fourth-order valence-electron chi connectivity index (χ4n) is 2.56. The van der Waals surface area contributed by atoms with Crippen LogP contribution in [-0.4, -0.2) is 24.6 Å². The Morgan fingerprint density at radius 3 is 2.22 bits per heavy atom. The predicted octanol–water partition coefficient (Wildman–Crippen LogP) is 3.41. The monoisotopic (exact) mass is 308 g/mol. The van der Waals surface area contributed by atoms with Gasteiger partial charge in [0.2, 0.25) is 0 Å². The first-order chi connectivity index (χ1) is 11.1. The number of para-hydroxylation sites is 2. The Morgan fingerprint density at radius 1 is 0.957 bits per heavy atom. The summed E-state index contributed by atoms with van der Waals surface area (Å²) in [6.45, 7) is 2.63. The molecular formula is C18H20N4O. The summed E-state index contributed by atoms with van der Waals surface area (Å²) in [6.07, 6.45) is 0. The van der Waals surface area contributed by atoms with E-state index in [1.165, 1.54) is 0 Å². The fraction of sp³-hybridized carbons (Fsp3) is 0.167. The van der Waals surface area contributed by atoms with Gasteiger partial charge >= 0.3 is 6.03 Å². The second-order valence-corrected chi connectivity index (χ2v) is 5.43. The smallest absolute Gasteiger partial charge is 0.308 e. The van der Waals surface area contributed by atoms with Crippen molar-refractivity contribution in [3.8, 4) is 0 Å². The van der Waals surface area contributed by atoms with Gasteiger partial charge in [-0.3, -0.25) is 10.0 Å². The molecule has 0 atom stereocenters. The first-order valence-electron chi connectivity index (χ1n) is 7.54. The van der Waals surface area contributed by atoms with Gasteiger partial charge in [-0.2, -0.15) is 0 Å². The molecule has 118 valence electrons. The van der Waals surface area contributed by atoms with Gasteiger partial charge in [0, 0.05) is 12.7 Å². The van der Waals surface area contributed by atoms with Crippen LogP contribution in [0.5, 0.6) is 0 Å². The molecule has 0 saturated heterocycles. The Morgan fingerprint density at radius 2 is 1.57 bits per heavy atom. The number of nitrogens with one attached hydrogen (secondary N) is 2. The molecule has 5 nitrogen and oxygen atoms in total. The fourth-order valence-corrected chi connectivity index (χ4v) is 2.56. The van der Waals surface area contributed by atoms with Crippen molar-refractivity contribution in [2.45, 2.75) is 6.92 Å². The van der Waals surface area contributed by atoms with Gasteiger partial charge in [-0.1, -0.05) is 36.4 Å². The maximum atomic E-state index is 12.2. The van der Waals surface area contributed by atoms with Crippen LogP contribution in [0.1, 0.15) is 6.92 Å². The van der Waals surface area contributed by atoms with Crippen molar-refractivity contribution in [1.29, 1.82) is 0 Å². The summed E-state index contributed by atoms with van der Waals surface area (Å²) < 4.78 is 0. The van der Waals surface area contributed by atoms with Gasteiger partial charge in [0.25, 0.3) is 0 Å². The maximum Gasteiger partial charge on any atom is 0.323 e. The highest BCUT2D eigenvalue weighted by atomic mass is 16.2. The van der Waals surface area contributed by atoms with Crippen molar-refractivity contribution in [2.75, 3.05) is 23.9 Å². The molecule has 2 aromatic rings. The average molecular weight is 308 g/mol. The molecule has 2 aromatic carbocycles. The van der Waals surface area contributed by atoms with E-state index in [-0.39, 0.29) is 6.03 Å². The predicted molar refractivity (Wildman–Crippen MR) is 92.8 cm³/mol. The molecule has 1 aliphatic rings. The summed E-state index contributed by atoms with van der Waals surface area (Å²) in [5.41, 5.74) is 3.78. The quantitative estimate of drug-likeness (QED) is 0.913. The molecule has 2 amide bonds. The topological polar surface area (TPSA) is 47.6 Å². The number of hydrogen-bond donors (Lipinski definition) is 2. The molecule has 1 aliphatic heterocycles. The third-order valence-corrected chi connectivity index (χ3v) is 3.94. The zero-order valence-electron chi connectivity index (χ0n) is 13.3. The van der Waals surface area contributed by atoms with Crippen LogP contribution >= 0.6 is 0 Å². The van der Waals surface area contributed by atoms with Gasteiger partial charge in [-0.05, 0) is 31.2 Å². The van der Waals surface area contributed by atoms with E-state index in [2.05, 4.69) is 27.8 Å². The Labute approximate surface area is 136 Å². The largest absolute Gasteiger partial charge is 0.323 e. The second kappa shape index (κ2) is 6.44. The minimum absolute atomic E-state index is 0.228. The van der Waals surface area contributed by atoms with Crippen molar-refractivity contribution in [3.63, 3.8) is 0 Å². The Bertz CT molecular complexity index is 712. The zero-order chi connectivity index (χ0) is 16.2. The molecule has 0 unspecified atom stereocenters. The summed E-state index contributed by atoms with van der Waals surface area (Å²) in [5, 5.41) is 9.96. The number of rotatable bonds is 3. The summed E-state index contributed by atoms with van der Waals surface area (Å²) in [6, 6.07) is 19.3. The van der Waals surface area contributed by atoms with Crippen LogP contribution in [0.4, 0.5) is 16.2 Å². The molecular weight excluding hydrogens is 288 g/mol. The molecule has 0 spiro atoms. The van der Waals surface area contributed by atoms with Gasteiger partial charge in [0.05, 0.1) is 23.6 Å². The minimum atomic E-state index is -0.228. The molecule has 0 bridgehead atoms. The maximum absolute atomic E-state index is 12.2. The Balaban J connectivity index is 1.67. The van der Waals surface area contributed by atoms with E-state index in [1.54, 1.807) is 0 Å². The molecule has 0 fully saturated rings. The number of amides is 2. The van der Waals surface area contributed by atoms with Crippen LogP contribution in [0.25, 0.3) is 0 Å². The summed E-state index contributed by atoms with van der Waals surface area (Å²) in [7, 11) is 1.99. The van der Waals surface area contributed by atoms with E-state index in [1.807, 2.05) is 67.5 Å². The van der Waals surface area contributed by atoms with Gasteiger partial charge in [-0.15, -0.1) is 0 Å². The van der Waals surface area contributed by atoms with Crippen LogP contribution in [0.3, 0.4) is 0 Å². The summed E-state index contributed by atoms with van der Waals surface area (Å²) in [4.78, 5) is 12.2.